The molecule has 0 saturated carbocycles. The topological polar surface area (TPSA) is 58.2 Å². The summed E-state index contributed by atoms with van der Waals surface area (Å²) in [6.07, 6.45) is 3.80. The van der Waals surface area contributed by atoms with Crippen LogP contribution in [0.3, 0.4) is 0 Å². The van der Waals surface area contributed by atoms with Crippen LogP contribution in [0, 0.1) is 5.92 Å². The first-order chi connectivity index (χ1) is 7.85. The van der Waals surface area contributed by atoms with E-state index in [0.29, 0.717) is 5.92 Å². The van der Waals surface area contributed by atoms with Gasteiger partial charge in [-0.15, -0.1) is 0 Å². The minimum atomic E-state index is -3.12. The molecule has 0 aliphatic carbocycles. The third kappa shape index (κ3) is 5.84. The first-order valence-corrected chi connectivity index (χ1v) is 8.22. The van der Waals surface area contributed by atoms with Crippen molar-refractivity contribution in [3.63, 3.8) is 0 Å². The number of hydrogen-bond donors (Lipinski definition) is 2. The van der Waals surface area contributed by atoms with Gasteiger partial charge in [-0.05, 0) is 58.5 Å². The zero-order valence-corrected chi connectivity index (χ0v) is 12.1. The standard InChI is InChI=1S/C12H26N2O2S/c1-4-12(2,3)14-17(15,16)10-7-11-5-8-13-9-6-11/h11,13-14H,4-10H2,1-3H3. The van der Waals surface area contributed by atoms with Crippen LogP contribution < -0.4 is 10.0 Å². The highest BCUT2D eigenvalue weighted by molar-refractivity contribution is 7.89. The molecule has 17 heavy (non-hydrogen) atoms. The highest BCUT2D eigenvalue weighted by atomic mass is 32.2. The summed E-state index contributed by atoms with van der Waals surface area (Å²) in [6, 6.07) is 0. The first-order valence-electron chi connectivity index (χ1n) is 6.57. The highest BCUT2D eigenvalue weighted by Crippen LogP contribution is 2.17. The molecule has 1 aliphatic rings. The van der Waals surface area contributed by atoms with E-state index in [1.165, 1.54) is 0 Å². The van der Waals surface area contributed by atoms with Gasteiger partial charge < -0.3 is 5.32 Å². The summed E-state index contributed by atoms with van der Waals surface area (Å²) in [5, 5.41) is 3.29. The van der Waals surface area contributed by atoms with Gasteiger partial charge in [-0.25, -0.2) is 13.1 Å². The number of piperidine rings is 1. The van der Waals surface area contributed by atoms with Crippen molar-refractivity contribution in [1.82, 2.24) is 10.0 Å². The lowest BCUT2D eigenvalue weighted by molar-refractivity contribution is 0.363. The minimum absolute atomic E-state index is 0.265. The third-order valence-electron chi connectivity index (χ3n) is 3.57. The van der Waals surface area contributed by atoms with Crippen LogP contribution in [0.5, 0.6) is 0 Å². The molecule has 4 nitrogen and oxygen atoms in total. The van der Waals surface area contributed by atoms with Gasteiger partial charge in [-0.1, -0.05) is 6.92 Å². The van der Waals surface area contributed by atoms with Crippen LogP contribution in [-0.2, 0) is 10.0 Å². The maximum Gasteiger partial charge on any atom is 0.212 e. The van der Waals surface area contributed by atoms with E-state index in [1.54, 1.807) is 0 Å². The van der Waals surface area contributed by atoms with E-state index >= 15 is 0 Å². The maximum atomic E-state index is 11.9. The molecule has 0 atom stereocenters. The van der Waals surface area contributed by atoms with Gasteiger partial charge in [-0.2, -0.15) is 0 Å². The monoisotopic (exact) mass is 262 g/mol. The van der Waals surface area contributed by atoms with Crippen molar-refractivity contribution in [3.05, 3.63) is 0 Å². The van der Waals surface area contributed by atoms with Crippen molar-refractivity contribution >= 4 is 10.0 Å². The molecule has 1 heterocycles. The Labute approximate surface area is 106 Å². The summed E-state index contributed by atoms with van der Waals surface area (Å²) in [5.41, 5.74) is -0.326. The van der Waals surface area contributed by atoms with Gasteiger partial charge in [0.25, 0.3) is 0 Å². The van der Waals surface area contributed by atoms with Crippen LogP contribution >= 0.6 is 0 Å². The second-order valence-electron chi connectivity index (χ2n) is 5.64. The fourth-order valence-corrected chi connectivity index (χ4v) is 3.77. The Morgan fingerprint density at radius 3 is 2.41 bits per heavy atom. The van der Waals surface area contributed by atoms with Gasteiger partial charge in [0.2, 0.25) is 10.0 Å². The Bertz CT molecular complexity index is 319. The number of hydrogen-bond acceptors (Lipinski definition) is 3. The molecule has 1 aliphatic heterocycles. The average molecular weight is 262 g/mol. The Hall–Kier alpha value is -0.130. The van der Waals surface area contributed by atoms with Crippen LogP contribution in [0.15, 0.2) is 0 Å². The van der Waals surface area contributed by atoms with Crippen LogP contribution in [0.25, 0.3) is 0 Å². The molecule has 0 spiro atoms. The quantitative estimate of drug-likeness (QED) is 0.762. The minimum Gasteiger partial charge on any atom is -0.317 e. The molecular formula is C12H26N2O2S. The lowest BCUT2D eigenvalue weighted by Crippen LogP contribution is -2.44. The van der Waals surface area contributed by atoms with Gasteiger partial charge >= 0.3 is 0 Å². The van der Waals surface area contributed by atoms with Crippen LogP contribution in [0.1, 0.15) is 46.5 Å². The third-order valence-corrected chi connectivity index (χ3v) is 5.21. The summed E-state index contributed by atoms with van der Waals surface area (Å²) in [4.78, 5) is 0. The lowest BCUT2D eigenvalue weighted by Gasteiger charge is -2.26. The second kappa shape index (κ2) is 6.16. The van der Waals surface area contributed by atoms with Crippen molar-refractivity contribution in [1.29, 1.82) is 0 Å². The highest BCUT2D eigenvalue weighted by Gasteiger charge is 2.24. The molecule has 1 fully saturated rings. The molecule has 2 N–H and O–H groups in total. The largest absolute Gasteiger partial charge is 0.317 e. The van der Waals surface area contributed by atoms with Crippen LogP contribution in [0.4, 0.5) is 0 Å². The van der Waals surface area contributed by atoms with Crippen molar-refractivity contribution in [2.45, 2.75) is 52.0 Å². The number of sulfonamides is 1. The molecule has 0 bridgehead atoms. The predicted molar refractivity (Wildman–Crippen MR) is 71.5 cm³/mol. The van der Waals surface area contributed by atoms with Gasteiger partial charge in [0.1, 0.15) is 0 Å². The summed E-state index contributed by atoms with van der Waals surface area (Å²) in [5.74, 6) is 0.832. The Morgan fingerprint density at radius 1 is 1.29 bits per heavy atom. The molecule has 1 saturated heterocycles. The molecular weight excluding hydrogens is 236 g/mol. The van der Waals surface area contributed by atoms with Crippen molar-refractivity contribution in [3.8, 4) is 0 Å². The SMILES string of the molecule is CCC(C)(C)NS(=O)(=O)CCC1CCNCC1. The van der Waals surface area contributed by atoms with E-state index in [1.807, 2.05) is 20.8 Å². The molecule has 5 heteroatoms. The normalized spacial score (nSPS) is 19.5. The van der Waals surface area contributed by atoms with E-state index in [0.717, 1.165) is 38.8 Å². The lowest BCUT2D eigenvalue weighted by atomic mass is 9.96. The van der Waals surface area contributed by atoms with E-state index in [-0.39, 0.29) is 11.3 Å². The van der Waals surface area contributed by atoms with Crippen molar-refractivity contribution in [2.75, 3.05) is 18.8 Å². The fourth-order valence-electron chi connectivity index (χ4n) is 2.04. The Morgan fingerprint density at radius 2 is 1.88 bits per heavy atom. The van der Waals surface area contributed by atoms with E-state index < -0.39 is 10.0 Å². The smallest absolute Gasteiger partial charge is 0.212 e. The molecule has 0 aromatic carbocycles. The Kier molecular flexibility index (Phi) is 5.41. The zero-order chi connectivity index (χ0) is 12.9. The number of rotatable bonds is 6. The average Bonchev–Trinajstić information content (AvgIpc) is 2.27. The van der Waals surface area contributed by atoms with Crippen LogP contribution in [-0.4, -0.2) is 32.8 Å². The summed E-state index contributed by atoms with van der Waals surface area (Å²) >= 11 is 0. The van der Waals surface area contributed by atoms with Gasteiger partial charge in [0.05, 0.1) is 5.75 Å². The molecule has 102 valence electrons. The summed E-state index contributed by atoms with van der Waals surface area (Å²) < 4.78 is 26.6. The molecule has 0 aromatic rings. The Balaban J connectivity index is 2.38. The molecule has 0 amide bonds. The van der Waals surface area contributed by atoms with Gasteiger partial charge in [0.15, 0.2) is 0 Å². The molecule has 0 radical (unpaired) electrons. The van der Waals surface area contributed by atoms with E-state index in [4.69, 9.17) is 0 Å². The second-order valence-corrected chi connectivity index (χ2v) is 7.48. The molecule has 1 rings (SSSR count). The van der Waals surface area contributed by atoms with E-state index in [2.05, 4.69) is 10.0 Å². The number of nitrogens with one attached hydrogen (secondary N) is 2. The summed E-state index contributed by atoms with van der Waals surface area (Å²) in [6.45, 7) is 7.90. The zero-order valence-electron chi connectivity index (χ0n) is 11.3. The maximum absolute atomic E-state index is 11.9. The summed E-state index contributed by atoms with van der Waals surface area (Å²) in [7, 11) is -3.12. The molecule has 0 aromatic heterocycles. The van der Waals surface area contributed by atoms with Crippen LogP contribution in [0.2, 0.25) is 0 Å². The fraction of sp³-hybridized carbons (Fsp3) is 1.00. The predicted octanol–water partition coefficient (Wildman–Crippen LogP) is 1.48. The van der Waals surface area contributed by atoms with Gasteiger partial charge in [-0.3, -0.25) is 0 Å². The van der Waals surface area contributed by atoms with E-state index in [9.17, 15) is 8.42 Å². The first kappa shape index (κ1) is 14.9. The van der Waals surface area contributed by atoms with Gasteiger partial charge in [0, 0.05) is 5.54 Å². The van der Waals surface area contributed by atoms with Crippen molar-refractivity contribution in [2.24, 2.45) is 5.92 Å². The van der Waals surface area contributed by atoms with Crippen molar-refractivity contribution < 1.29 is 8.42 Å². The molecule has 0 unspecified atom stereocenters.